The predicted octanol–water partition coefficient (Wildman–Crippen LogP) is 1.24. The lowest BCUT2D eigenvalue weighted by molar-refractivity contribution is -0.118. The zero-order valence-electron chi connectivity index (χ0n) is 10.2. The van der Waals surface area contributed by atoms with Gasteiger partial charge in [0.1, 0.15) is 0 Å². The molecule has 0 spiro atoms. The van der Waals surface area contributed by atoms with Crippen LogP contribution in [-0.4, -0.2) is 33.7 Å². The number of nitrogens with zero attached hydrogens (tertiary/aromatic N) is 1. The van der Waals surface area contributed by atoms with E-state index in [-0.39, 0.29) is 19.0 Å². The van der Waals surface area contributed by atoms with Crippen molar-refractivity contribution in [2.24, 2.45) is 0 Å². The molecular weight excluding hydrogens is 276 g/mol. The van der Waals surface area contributed by atoms with Crippen LogP contribution in [0.15, 0.2) is 24.3 Å². The number of nitrogens with one attached hydrogen (secondary N) is 1. The van der Waals surface area contributed by atoms with E-state index >= 15 is 0 Å². The van der Waals surface area contributed by atoms with Gasteiger partial charge in [-0.2, -0.15) is 0 Å². The van der Waals surface area contributed by atoms with Crippen molar-refractivity contribution < 1.29 is 13.2 Å². The maximum atomic E-state index is 11.7. The van der Waals surface area contributed by atoms with E-state index < -0.39 is 10.0 Å². The molecule has 7 heteroatoms. The van der Waals surface area contributed by atoms with E-state index in [1.54, 1.807) is 24.3 Å². The monoisotopic (exact) mass is 290 g/mol. The molecule has 18 heavy (non-hydrogen) atoms. The van der Waals surface area contributed by atoms with E-state index in [4.69, 9.17) is 11.6 Å². The van der Waals surface area contributed by atoms with Crippen molar-refractivity contribution in [3.05, 3.63) is 29.3 Å². The Labute approximate surface area is 112 Å². The largest absolute Gasteiger partial charge is 0.355 e. The molecule has 0 unspecified atom stereocenters. The number of carbonyl (C=O) groups excluding carboxylic acids is 1. The van der Waals surface area contributed by atoms with Gasteiger partial charge in [-0.05, 0) is 24.3 Å². The van der Waals surface area contributed by atoms with Gasteiger partial charge in [-0.3, -0.25) is 9.10 Å². The molecule has 1 amide bonds. The summed E-state index contributed by atoms with van der Waals surface area (Å²) in [5.41, 5.74) is 0.521. The van der Waals surface area contributed by atoms with Crippen LogP contribution in [0.4, 0.5) is 5.69 Å². The summed E-state index contributed by atoms with van der Waals surface area (Å²) in [5.74, 6) is -0.195. The molecule has 1 N–H and O–H groups in total. The van der Waals surface area contributed by atoms with Crippen molar-refractivity contribution in [2.45, 2.75) is 6.92 Å². The molecule has 0 aromatic heterocycles. The van der Waals surface area contributed by atoms with Crippen LogP contribution in [0.3, 0.4) is 0 Å². The number of sulfonamides is 1. The zero-order valence-corrected chi connectivity index (χ0v) is 11.8. The van der Waals surface area contributed by atoms with Gasteiger partial charge < -0.3 is 5.32 Å². The lowest BCUT2D eigenvalue weighted by Crippen LogP contribution is -2.37. The molecule has 5 nitrogen and oxygen atoms in total. The fourth-order valence-corrected chi connectivity index (χ4v) is 2.48. The minimum absolute atomic E-state index is 0.181. The summed E-state index contributed by atoms with van der Waals surface area (Å²) in [7, 11) is -3.39. The van der Waals surface area contributed by atoms with Gasteiger partial charge in [0.2, 0.25) is 15.9 Å². The first-order chi connectivity index (χ1) is 8.30. The first-order valence-electron chi connectivity index (χ1n) is 5.28. The summed E-state index contributed by atoms with van der Waals surface area (Å²) in [6.45, 7) is 1.82. The van der Waals surface area contributed by atoms with Crippen molar-refractivity contribution in [3.8, 4) is 0 Å². The third-order valence-corrected chi connectivity index (χ3v) is 3.65. The van der Waals surface area contributed by atoms with Crippen LogP contribution < -0.4 is 9.62 Å². The van der Waals surface area contributed by atoms with Crippen molar-refractivity contribution >= 4 is 33.2 Å². The lowest BCUT2D eigenvalue weighted by Gasteiger charge is -2.22. The van der Waals surface area contributed by atoms with Crippen LogP contribution in [0, 0.1) is 0 Å². The highest BCUT2D eigenvalue weighted by Gasteiger charge is 2.16. The second-order valence-corrected chi connectivity index (χ2v) is 6.14. The molecule has 0 fully saturated rings. The molecule has 0 aliphatic heterocycles. The third-order valence-electron chi connectivity index (χ3n) is 2.20. The van der Waals surface area contributed by atoms with Crippen molar-refractivity contribution in [1.29, 1.82) is 0 Å². The van der Waals surface area contributed by atoms with Crippen molar-refractivity contribution in [2.75, 3.05) is 23.7 Å². The smallest absolute Gasteiger partial charge is 0.232 e. The Morgan fingerprint density at radius 1 is 1.33 bits per heavy atom. The Morgan fingerprint density at radius 2 is 1.89 bits per heavy atom. The molecule has 1 aromatic rings. The topological polar surface area (TPSA) is 66.5 Å². The van der Waals surface area contributed by atoms with E-state index in [2.05, 4.69) is 5.32 Å². The summed E-state index contributed by atoms with van der Waals surface area (Å²) in [6, 6.07) is 6.48. The first kappa shape index (κ1) is 14.8. The summed E-state index contributed by atoms with van der Waals surface area (Å²) in [4.78, 5) is 10.8. The molecule has 0 atom stereocenters. The zero-order chi connectivity index (χ0) is 13.8. The van der Waals surface area contributed by atoms with E-state index in [1.807, 2.05) is 0 Å². The van der Waals surface area contributed by atoms with Crippen molar-refractivity contribution in [1.82, 2.24) is 5.32 Å². The Hall–Kier alpha value is -1.27. The maximum absolute atomic E-state index is 11.7. The quantitative estimate of drug-likeness (QED) is 0.887. The lowest BCUT2D eigenvalue weighted by atomic mass is 10.3. The molecule has 0 aliphatic rings. The number of hydrogen-bond acceptors (Lipinski definition) is 3. The minimum Gasteiger partial charge on any atom is -0.355 e. The molecule has 0 radical (unpaired) electrons. The van der Waals surface area contributed by atoms with Gasteiger partial charge in [-0.1, -0.05) is 11.6 Å². The summed E-state index contributed by atoms with van der Waals surface area (Å²) in [5, 5.41) is 3.09. The number of rotatable bonds is 5. The number of halogens is 1. The SMILES string of the molecule is CC(=O)NCCN(c1ccc(Cl)cc1)S(C)(=O)=O. The molecule has 0 heterocycles. The predicted molar refractivity (Wildman–Crippen MR) is 72.3 cm³/mol. The standard InChI is InChI=1S/C11H15ClN2O3S/c1-9(15)13-7-8-14(18(2,16)17)11-5-3-10(12)4-6-11/h3-6H,7-8H2,1-2H3,(H,13,15). The number of anilines is 1. The van der Waals surface area contributed by atoms with E-state index in [1.165, 1.54) is 11.2 Å². The Bertz CT molecular complexity index is 514. The average Bonchev–Trinajstić information content (AvgIpc) is 2.24. The second kappa shape index (κ2) is 6.06. The number of hydrogen-bond donors (Lipinski definition) is 1. The van der Waals surface area contributed by atoms with E-state index in [0.29, 0.717) is 10.7 Å². The van der Waals surface area contributed by atoms with Gasteiger partial charge in [0.15, 0.2) is 0 Å². The Morgan fingerprint density at radius 3 is 2.33 bits per heavy atom. The Balaban J connectivity index is 2.86. The van der Waals surface area contributed by atoms with Crippen LogP contribution in [-0.2, 0) is 14.8 Å². The minimum atomic E-state index is -3.39. The fourth-order valence-electron chi connectivity index (χ4n) is 1.43. The van der Waals surface area contributed by atoms with Crippen LogP contribution in [0.25, 0.3) is 0 Å². The molecule has 0 aliphatic carbocycles. The second-order valence-electron chi connectivity index (χ2n) is 3.79. The van der Waals surface area contributed by atoms with Gasteiger partial charge in [0.25, 0.3) is 0 Å². The first-order valence-corrected chi connectivity index (χ1v) is 7.51. The summed E-state index contributed by atoms with van der Waals surface area (Å²) < 4.78 is 24.6. The fraction of sp³-hybridized carbons (Fsp3) is 0.364. The molecular formula is C11H15ClN2O3S. The highest BCUT2D eigenvalue weighted by Crippen LogP contribution is 2.19. The van der Waals surface area contributed by atoms with Crippen LogP contribution in [0.1, 0.15) is 6.92 Å². The number of benzene rings is 1. The van der Waals surface area contributed by atoms with Gasteiger partial charge in [0.05, 0.1) is 18.5 Å². The average molecular weight is 291 g/mol. The highest BCUT2D eigenvalue weighted by atomic mass is 35.5. The van der Waals surface area contributed by atoms with Crippen molar-refractivity contribution in [3.63, 3.8) is 0 Å². The van der Waals surface area contributed by atoms with Crippen LogP contribution in [0.2, 0.25) is 5.02 Å². The third kappa shape index (κ3) is 4.54. The molecule has 1 aromatic carbocycles. The van der Waals surface area contributed by atoms with Gasteiger partial charge in [-0.25, -0.2) is 8.42 Å². The summed E-state index contributed by atoms with van der Waals surface area (Å²) >= 11 is 5.75. The maximum Gasteiger partial charge on any atom is 0.232 e. The normalized spacial score (nSPS) is 11.1. The molecule has 0 bridgehead atoms. The molecule has 1 rings (SSSR count). The highest BCUT2D eigenvalue weighted by molar-refractivity contribution is 7.92. The number of carbonyl (C=O) groups is 1. The van der Waals surface area contributed by atoms with Crippen LogP contribution >= 0.6 is 11.6 Å². The van der Waals surface area contributed by atoms with Gasteiger partial charge in [0, 0.05) is 18.5 Å². The molecule has 0 saturated heterocycles. The van der Waals surface area contributed by atoms with Crippen LogP contribution in [0.5, 0.6) is 0 Å². The van der Waals surface area contributed by atoms with E-state index in [9.17, 15) is 13.2 Å². The van der Waals surface area contributed by atoms with E-state index in [0.717, 1.165) is 6.26 Å². The molecule has 0 saturated carbocycles. The Kier molecular flexibility index (Phi) is 4.98. The summed E-state index contributed by atoms with van der Waals surface area (Å²) in [6.07, 6.45) is 1.12. The molecule has 100 valence electrons. The van der Waals surface area contributed by atoms with Gasteiger partial charge in [-0.15, -0.1) is 0 Å². The van der Waals surface area contributed by atoms with Gasteiger partial charge >= 0.3 is 0 Å². The number of amides is 1.